The summed E-state index contributed by atoms with van der Waals surface area (Å²) in [6.07, 6.45) is 10.7. The molecule has 1 aliphatic carbocycles. The zero-order valence-corrected chi connectivity index (χ0v) is 17.1. The van der Waals surface area contributed by atoms with E-state index in [1.807, 2.05) is 0 Å². The number of hydrogen-bond donors (Lipinski definition) is 0. The summed E-state index contributed by atoms with van der Waals surface area (Å²) in [4.78, 5) is 19.5. The Morgan fingerprint density at radius 2 is 1.54 bits per heavy atom. The molecule has 0 aromatic heterocycles. The number of nitrogens with zero attached hydrogens (tertiary/aromatic N) is 3. The molecule has 0 bridgehead atoms. The second-order valence-corrected chi connectivity index (χ2v) is 10.0. The van der Waals surface area contributed by atoms with Gasteiger partial charge in [0.2, 0.25) is 0 Å². The molecular weight excluding hydrogens is 322 g/mol. The molecular formula is C22H39N3O. The molecule has 0 aromatic carbocycles. The van der Waals surface area contributed by atoms with Crippen LogP contribution in [0.1, 0.15) is 58.3 Å². The maximum atomic E-state index is 11.6. The van der Waals surface area contributed by atoms with E-state index in [2.05, 4.69) is 21.7 Å². The second kappa shape index (κ2) is 7.89. The second-order valence-electron chi connectivity index (χ2n) is 10.0. The Balaban J connectivity index is 1.16. The highest BCUT2D eigenvalue weighted by molar-refractivity contribution is 5.78. The monoisotopic (exact) mass is 361 g/mol. The van der Waals surface area contributed by atoms with E-state index in [4.69, 9.17) is 0 Å². The molecule has 0 radical (unpaired) electrons. The van der Waals surface area contributed by atoms with E-state index in [9.17, 15) is 4.79 Å². The molecule has 1 saturated carbocycles. The molecule has 3 aliphatic heterocycles. The Labute approximate surface area is 160 Å². The van der Waals surface area contributed by atoms with E-state index in [1.165, 1.54) is 71.2 Å². The van der Waals surface area contributed by atoms with Gasteiger partial charge in [0.15, 0.2) is 0 Å². The van der Waals surface area contributed by atoms with Gasteiger partial charge in [-0.3, -0.25) is 4.79 Å². The van der Waals surface area contributed by atoms with E-state index in [-0.39, 0.29) is 0 Å². The minimum Gasteiger partial charge on any atom is -0.306 e. The lowest BCUT2D eigenvalue weighted by Gasteiger charge is -2.56. The predicted octanol–water partition coefficient (Wildman–Crippen LogP) is 2.87. The summed E-state index contributed by atoms with van der Waals surface area (Å²) in [5, 5.41) is 0. The van der Waals surface area contributed by atoms with Crippen molar-refractivity contribution in [1.82, 2.24) is 14.7 Å². The lowest BCUT2D eigenvalue weighted by atomic mass is 9.59. The fourth-order valence-electron chi connectivity index (χ4n) is 6.10. The van der Waals surface area contributed by atoms with Gasteiger partial charge >= 0.3 is 0 Å². The quantitative estimate of drug-likeness (QED) is 0.769. The van der Waals surface area contributed by atoms with Crippen molar-refractivity contribution in [3.8, 4) is 0 Å². The Morgan fingerprint density at radius 3 is 2.12 bits per heavy atom. The van der Waals surface area contributed by atoms with E-state index in [0.29, 0.717) is 17.1 Å². The van der Waals surface area contributed by atoms with Crippen molar-refractivity contribution in [2.75, 3.05) is 52.9 Å². The van der Waals surface area contributed by atoms with Crippen LogP contribution < -0.4 is 0 Å². The van der Waals surface area contributed by atoms with Crippen LogP contribution in [0.2, 0.25) is 0 Å². The molecule has 4 fully saturated rings. The van der Waals surface area contributed by atoms with Crippen LogP contribution in [-0.4, -0.2) is 79.4 Å². The molecule has 4 heteroatoms. The van der Waals surface area contributed by atoms with Gasteiger partial charge in [0.05, 0.1) is 0 Å². The van der Waals surface area contributed by atoms with Crippen LogP contribution in [0.4, 0.5) is 0 Å². The molecule has 3 heterocycles. The van der Waals surface area contributed by atoms with Crippen molar-refractivity contribution in [2.45, 2.75) is 64.3 Å². The van der Waals surface area contributed by atoms with Crippen molar-refractivity contribution in [1.29, 1.82) is 0 Å². The highest BCUT2D eigenvalue weighted by Crippen LogP contribution is 2.51. The van der Waals surface area contributed by atoms with Crippen molar-refractivity contribution >= 4 is 5.78 Å². The Morgan fingerprint density at radius 1 is 0.923 bits per heavy atom. The molecule has 0 aromatic rings. The summed E-state index contributed by atoms with van der Waals surface area (Å²) in [6.45, 7) is 10.7. The number of piperidine rings is 3. The first kappa shape index (κ1) is 18.9. The Hall–Kier alpha value is -0.450. The number of rotatable bonds is 4. The van der Waals surface area contributed by atoms with Gasteiger partial charge in [-0.25, -0.2) is 0 Å². The third-order valence-corrected chi connectivity index (χ3v) is 8.23. The van der Waals surface area contributed by atoms with Crippen LogP contribution >= 0.6 is 0 Å². The molecule has 1 spiro atoms. The Bertz CT molecular complexity index is 476. The standard InChI is InChI=1S/C22H39N3O/c1-18(26)20-5-11-25(12-6-20)21-15-22(16-21)7-13-24(14-8-22)17-19-3-9-23(2)10-4-19/h19-21H,3-17H2,1-2H3. The number of ketones is 1. The van der Waals surface area contributed by atoms with Crippen LogP contribution in [-0.2, 0) is 4.79 Å². The van der Waals surface area contributed by atoms with E-state index >= 15 is 0 Å². The number of hydrogen-bond acceptors (Lipinski definition) is 4. The number of Topliss-reactive ketones (excluding diaryl/α,β-unsaturated/α-hetero) is 1. The van der Waals surface area contributed by atoms with Crippen molar-refractivity contribution < 1.29 is 4.79 Å². The number of likely N-dealkylation sites (tertiary alicyclic amines) is 3. The topological polar surface area (TPSA) is 26.8 Å². The lowest BCUT2D eigenvalue weighted by Crippen LogP contribution is -2.56. The van der Waals surface area contributed by atoms with Crippen LogP contribution in [0.25, 0.3) is 0 Å². The third-order valence-electron chi connectivity index (χ3n) is 8.23. The summed E-state index contributed by atoms with van der Waals surface area (Å²) in [6, 6.07) is 0.823. The normalized spacial score (nSPS) is 30.5. The van der Waals surface area contributed by atoms with Crippen LogP contribution in [0, 0.1) is 17.3 Å². The first-order valence-electron chi connectivity index (χ1n) is 11.2. The molecule has 4 nitrogen and oxygen atoms in total. The minimum absolute atomic E-state index is 0.350. The smallest absolute Gasteiger partial charge is 0.133 e. The van der Waals surface area contributed by atoms with Gasteiger partial charge in [-0.1, -0.05) is 0 Å². The summed E-state index contributed by atoms with van der Waals surface area (Å²) in [7, 11) is 2.26. The summed E-state index contributed by atoms with van der Waals surface area (Å²) < 4.78 is 0. The zero-order valence-electron chi connectivity index (χ0n) is 17.1. The molecule has 3 saturated heterocycles. The molecule has 0 unspecified atom stereocenters. The molecule has 0 atom stereocenters. The van der Waals surface area contributed by atoms with Crippen molar-refractivity contribution in [3.63, 3.8) is 0 Å². The largest absolute Gasteiger partial charge is 0.306 e. The Kier molecular flexibility index (Phi) is 5.73. The van der Waals surface area contributed by atoms with E-state index in [1.54, 1.807) is 6.92 Å². The van der Waals surface area contributed by atoms with Crippen LogP contribution in [0.15, 0.2) is 0 Å². The highest BCUT2D eigenvalue weighted by atomic mass is 16.1. The van der Waals surface area contributed by atoms with Gasteiger partial charge < -0.3 is 14.7 Å². The number of carbonyl (C=O) groups excluding carboxylic acids is 1. The molecule has 4 aliphatic rings. The fourth-order valence-corrected chi connectivity index (χ4v) is 6.10. The average molecular weight is 362 g/mol. The molecule has 0 N–H and O–H groups in total. The maximum absolute atomic E-state index is 11.6. The SMILES string of the molecule is CC(=O)C1CCN(C2CC3(CCN(CC4CCN(C)CC4)CC3)C2)CC1. The van der Waals surface area contributed by atoms with Crippen molar-refractivity contribution in [2.24, 2.45) is 17.3 Å². The van der Waals surface area contributed by atoms with Crippen molar-refractivity contribution in [3.05, 3.63) is 0 Å². The van der Waals surface area contributed by atoms with Gasteiger partial charge in [0.25, 0.3) is 0 Å². The van der Waals surface area contributed by atoms with E-state index < -0.39 is 0 Å². The first-order valence-corrected chi connectivity index (χ1v) is 11.2. The average Bonchev–Trinajstić information content (AvgIpc) is 2.63. The molecule has 4 rings (SSSR count). The lowest BCUT2D eigenvalue weighted by molar-refractivity contribution is -0.123. The van der Waals surface area contributed by atoms with Gasteiger partial charge in [-0.2, -0.15) is 0 Å². The third kappa shape index (κ3) is 4.18. The van der Waals surface area contributed by atoms with Crippen LogP contribution in [0.3, 0.4) is 0 Å². The van der Waals surface area contributed by atoms with Gasteiger partial charge in [0.1, 0.15) is 5.78 Å². The highest BCUT2D eigenvalue weighted by Gasteiger charge is 2.48. The van der Waals surface area contributed by atoms with Gasteiger partial charge in [-0.15, -0.1) is 0 Å². The first-order chi connectivity index (χ1) is 12.5. The fraction of sp³-hybridized carbons (Fsp3) is 0.955. The van der Waals surface area contributed by atoms with Gasteiger partial charge in [-0.05, 0) is 116 Å². The van der Waals surface area contributed by atoms with E-state index in [0.717, 1.165) is 37.9 Å². The zero-order chi connectivity index (χ0) is 18.1. The number of carbonyl (C=O) groups is 1. The minimum atomic E-state index is 0.350. The summed E-state index contributed by atoms with van der Waals surface area (Å²) in [5.41, 5.74) is 0.672. The predicted molar refractivity (Wildman–Crippen MR) is 106 cm³/mol. The molecule has 148 valence electrons. The van der Waals surface area contributed by atoms with Crippen LogP contribution in [0.5, 0.6) is 0 Å². The molecule has 26 heavy (non-hydrogen) atoms. The summed E-state index contributed by atoms with van der Waals surface area (Å²) >= 11 is 0. The van der Waals surface area contributed by atoms with Gasteiger partial charge in [0, 0.05) is 18.5 Å². The maximum Gasteiger partial charge on any atom is 0.133 e. The summed E-state index contributed by atoms with van der Waals surface area (Å²) in [5.74, 6) is 1.70. The molecule has 0 amide bonds.